The predicted molar refractivity (Wildman–Crippen MR) is 47.4 cm³/mol. The molecule has 0 aliphatic carbocycles. The Morgan fingerprint density at radius 2 is 1.29 bits per heavy atom. The Hall–Kier alpha value is 1.76. The Morgan fingerprint density at radius 3 is 1.29 bits per heavy atom. The molecule has 2 radical (unpaired) electrons. The normalized spacial score (nSPS) is 6.00. The van der Waals surface area contributed by atoms with E-state index in [0.29, 0.717) is 0 Å². The van der Waals surface area contributed by atoms with Gasteiger partial charge < -0.3 is 0 Å². The third-order valence-corrected chi connectivity index (χ3v) is 3.35. The second kappa shape index (κ2) is 15.7. The molecule has 0 heterocycles. The van der Waals surface area contributed by atoms with E-state index in [0.717, 1.165) is 0 Å². The van der Waals surface area contributed by atoms with Gasteiger partial charge in [0, 0.05) is 0 Å². The first-order valence-corrected chi connectivity index (χ1v) is 6.16. The van der Waals surface area contributed by atoms with Gasteiger partial charge in [-0.3, -0.25) is 0 Å². The summed E-state index contributed by atoms with van der Waals surface area (Å²) in [5.41, 5.74) is 0. The van der Waals surface area contributed by atoms with Crippen molar-refractivity contribution in [2.45, 2.75) is 22.7 Å². The molecule has 3 heteroatoms. The number of hydrogen-bond acceptors (Lipinski definition) is 0. The first kappa shape index (κ1) is 15.9. The molecule has 0 fully saturated rings. The molecular weight excluding hydrogens is 327 g/mol. The molecule has 0 aliphatic rings. The summed E-state index contributed by atoms with van der Waals surface area (Å²) in [5, 5.41) is 0. The standard InChI is InChI=1S/2C2H5.2BrH.Sn/c2*1-2;;;/h2*1H2,2H3;2*1H;. The van der Waals surface area contributed by atoms with E-state index < -0.39 is 0 Å². The molecule has 0 unspecified atom stereocenters. The zero-order valence-corrected chi connectivity index (χ0v) is 11.0. The van der Waals surface area contributed by atoms with Crippen LogP contribution in [0.5, 0.6) is 0 Å². The summed E-state index contributed by atoms with van der Waals surface area (Å²) in [6.07, 6.45) is 0. The van der Waals surface area contributed by atoms with Crippen molar-refractivity contribution in [2.75, 3.05) is 0 Å². The van der Waals surface area contributed by atoms with Crippen LogP contribution in [0.3, 0.4) is 0 Å². The zero-order chi connectivity index (χ0) is 4.12. The number of rotatable bonds is 2. The molecular formula is C4H12Br2Sn. The van der Waals surface area contributed by atoms with Crippen LogP contribution in [0, 0.1) is 0 Å². The minimum atomic E-state index is 0. The summed E-state index contributed by atoms with van der Waals surface area (Å²) in [5.74, 6) is 0. The molecule has 0 atom stereocenters. The van der Waals surface area contributed by atoms with Gasteiger partial charge in [0.05, 0.1) is 0 Å². The van der Waals surface area contributed by atoms with E-state index in [-0.39, 0.29) is 55.1 Å². The molecule has 46 valence electrons. The van der Waals surface area contributed by atoms with Crippen molar-refractivity contribution < 1.29 is 0 Å². The van der Waals surface area contributed by atoms with E-state index in [1.807, 2.05) is 0 Å². The van der Waals surface area contributed by atoms with E-state index in [4.69, 9.17) is 0 Å². The first-order valence-electron chi connectivity index (χ1n) is 2.12. The third kappa shape index (κ3) is 18.2. The van der Waals surface area contributed by atoms with Crippen LogP contribution >= 0.6 is 34.0 Å². The van der Waals surface area contributed by atoms with Crippen LogP contribution in [-0.4, -0.2) is 21.1 Å². The van der Waals surface area contributed by atoms with Crippen molar-refractivity contribution in [1.29, 1.82) is 0 Å². The zero-order valence-electron chi connectivity index (χ0n) is 4.73. The van der Waals surface area contributed by atoms with E-state index in [2.05, 4.69) is 13.8 Å². The molecule has 7 heavy (non-hydrogen) atoms. The van der Waals surface area contributed by atoms with Gasteiger partial charge in [-0.15, -0.1) is 34.0 Å². The molecule has 0 aromatic heterocycles. The molecule has 0 aromatic carbocycles. The van der Waals surface area contributed by atoms with Gasteiger partial charge in [-0.2, -0.15) is 0 Å². The second-order valence-corrected chi connectivity index (χ2v) is 6.42. The van der Waals surface area contributed by atoms with E-state index in [1.54, 1.807) is 0 Å². The van der Waals surface area contributed by atoms with Gasteiger partial charge in [-0.05, 0) is 0 Å². The maximum atomic E-state index is 2.29. The molecule has 0 N–H and O–H groups in total. The van der Waals surface area contributed by atoms with Gasteiger partial charge in [-0.1, -0.05) is 0 Å². The van der Waals surface area contributed by atoms with E-state index in [9.17, 15) is 0 Å². The maximum absolute atomic E-state index is 2.29. The predicted octanol–water partition coefficient (Wildman–Crippen LogP) is 2.72. The number of halogens is 2. The molecule has 0 saturated carbocycles. The van der Waals surface area contributed by atoms with Gasteiger partial charge in [0.25, 0.3) is 0 Å². The fourth-order valence-electron chi connectivity index (χ4n) is 0.250. The molecule has 0 rings (SSSR count). The van der Waals surface area contributed by atoms with Crippen LogP contribution in [0.25, 0.3) is 0 Å². The fraction of sp³-hybridized carbons (Fsp3) is 1.00. The van der Waals surface area contributed by atoms with Crippen molar-refractivity contribution in [3.05, 3.63) is 0 Å². The molecule has 0 amide bonds. The van der Waals surface area contributed by atoms with Gasteiger partial charge >= 0.3 is 43.9 Å². The van der Waals surface area contributed by atoms with Crippen molar-refractivity contribution >= 4 is 55.1 Å². The minimum absolute atomic E-state index is 0. The topological polar surface area (TPSA) is 0 Å². The molecule has 0 spiro atoms. The van der Waals surface area contributed by atoms with Crippen LogP contribution in [0.15, 0.2) is 0 Å². The Bertz CT molecular complexity index is 17.2. The molecule has 0 nitrogen and oxygen atoms in total. The van der Waals surface area contributed by atoms with Crippen LogP contribution in [0.2, 0.25) is 8.87 Å². The van der Waals surface area contributed by atoms with Gasteiger partial charge in [-0.25, -0.2) is 0 Å². The van der Waals surface area contributed by atoms with Crippen LogP contribution < -0.4 is 0 Å². The summed E-state index contributed by atoms with van der Waals surface area (Å²) in [6, 6.07) is 0. The monoisotopic (exact) mass is 338 g/mol. The Kier molecular flexibility index (Phi) is 35.5. The quantitative estimate of drug-likeness (QED) is 0.679. The number of hydrogen-bond donors (Lipinski definition) is 0. The van der Waals surface area contributed by atoms with Gasteiger partial charge in [0.15, 0.2) is 0 Å². The SMILES string of the molecule is Br.Br.C[CH2][Sn][CH2]C. The summed E-state index contributed by atoms with van der Waals surface area (Å²) < 4.78 is 3.03. The van der Waals surface area contributed by atoms with Gasteiger partial charge in [0.2, 0.25) is 0 Å². The van der Waals surface area contributed by atoms with E-state index in [1.165, 1.54) is 8.87 Å². The van der Waals surface area contributed by atoms with Crippen LogP contribution in [0.1, 0.15) is 13.8 Å². The molecule has 0 saturated heterocycles. The van der Waals surface area contributed by atoms with Crippen LogP contribution in [-0.2, 0) is 0 Å². The van der Waals surface area contributed by atoms with Crippen LogP contribution in [0.4, 0.5) is 0 Å². The summed E-state index contributed by atoms with van der Waals surface area (Å²) >= 11 is 0.218. The van der Waals surface area contributed by atoms with Crippen molar-refractivity contribution in [3.63, 3.8) is 0 Å². The molecule has 0 aromatic rings. The Balaban J connectivity index is -0.0000000800. The Morgan fingerprint density at radius 1 is 1.00 bits per heavy atom. The van der Waals surface area contributed by atoms with E-state index >= 15 is 0 Å². The van der Waals surface area contributed by atoms with Crippen molar-refractivity contribution in [3.8, 4) is 0 Å². The first-order chi connectivity index (χ1) is 2.41. The van der Waals surface area contributed by atoms with Crippen molar-refractivity contribution in [1.82, 2.24) is 0 Å². The fourth-order valence-corrected chi connectivity index (χ4v) is 1.68. The summed E-state index contributed by atoms with van der Waals surface area (Å²) in [7, 11) is 0. The average Bonchev–Trinajstić information content (AvgIpc) is 1.41. The third-order valence-electron chi connectivity index (χ3n) is 0.500. The Labute approximate surface area is 77.2 Å². The summed E-state index contributed by atoms with van der Waals surface area (Å²) in [4.78, 5) is 0. The molecule has 0 aliphatic heterocycles. The summed E-state index contributed by atoms with van der Waals surface area (Å²) in [6.45, 7) is 4.57. The second-order valence-electron chi connectivity index (χ2n) is 0.957. The van der Waals surface area contributed by atoms with Gasteiger partial charge in [0.1, 0.15) is 0 Å². The molecule has 0 bridgehead atoms. The average molecular weight is 339 g/mol. The van der Waals surface area contributed by atoms with Crippen molar-refractivity contribution in [2.24, 2.45) is 0 Å².